The van der Waals surface area contributed by atoms with Gasteiger partial charge in [-0.2, -0.15) is 4.31 Å². The summed E-state index contributed by atoms with van der Waals surface area (Å²) in [5, 5.41) is 2.69. The smallest absolute Gasteiger partial charge is 0.305 e. The van der Waals surface area contributed by atoms with Crippen LogP contribution in [0.2, 0.25) is 0 Å². The van der Waals surface area contributed by atoms with Crippen LogP contribution in [0.1, 0.15) is 33.6 Å². The van der Waals surface area contributed by atoms with E-state index < -0.39 is 21.5 Å². The number of esters is 1. The highest BCUT2D eigenvalue weighted by Gasteiger charge is 2.22. The van der Waals surface area contributed by atoms with E-state index in [2.05, 4.69) is 10.1 Å². The van der Waals surface area contributed by atoms with Crippen molar-refractivity contribution in [3.8, 4) is 0 Å². The summed E-state index contributed by atoms with van der Waals surface area (Å²) < 4.78 is 29.2. The minimum Gasteiger partial charge on any atom is -0.469 e. The fraction of sp³-hybridized carbons (Fsp3) is 0.833. The molecule has 7 nitrogen and oxygen atoms in total. The van der Waals surface area contributed by atoms with E-state index in [1.54, 1.807) is 0 Å². The Morgan fingerprint density at radius 2 is 1.80 bits per heavy atom. The average Bonchev–Trinajstić information content (AvgIpc) is 2.25. The number of rotatable bonds is 7. The van der Waals surface area contributed by atoms with E-state index in [0.717, 1.165) is 4.31 Å². The van der Waals surface area contributed by atoms with Crippen LogP contribution in [0.3, 0.4) is 0 Å². The third-order valence-corrected chi connectivity index (χ3v) is 4.25. The largest absolute Gasteiger partial charge is 0.469 e. The summed E-state index contributed by atoms with van der Waals surface area (Å²) in [4.78, 5) is 22.6. The molecular weight excluding hydrogens is 284 g/mol. The van der Waals surface area contributed by atoms with Crippen LogP contribution in [0.15, 0.2) is 0 Å². The van der Waals surface area contributed by atoms with Crippen molar-refractivity contribution in [2.75, 3.05) is 26.5 Å². The van der Waals surface area contributed by atoms with Gasteiger partial charge in [0.2, 0.25) is 15.9 Å². The molecule has 0 rings (SSSR count). The lowest BCUT2D eigenvalue weighted by Gasteiger charge is -2.23. The van der Waals surface area contributed by atoms with Gasteiger partial charge in [-0.1, -0.05) is 0 Å². The minimum atomic E-state index is -3.55. The van der Waals surface area contributed by atoms with E-state index in [1.165, 1.54) is 14.2 Å². The molecular formula is C12H24N2O5S. The first kappa shape index (κ1) is 18.9. The minimum absolute atomic E-state index is 0.0394. The Morgan fingerprint density at radius 3 is 2.25 bits per heavy atom. The molecule has 1 amide bonds. The van der Waals surface area contributed by atoms with Gasteiger partial charge < -0.3 is 10.1 Å². The number of nitrogens with zero attached hydrogens (tertiary/aromatic N) is 1. The molecule has 0 atom stereocenters. The van der Waals surface area contributed by atoms with E-state index >= 15 is 0 Å². The highest BCUT2D eigenvalue weighted by Crippen LogP contribution is 2.04. The van der Waals surface area contributed by atoms with Crippen molar-refractivity contribution < 1.29 is 22.7 Å². The first-order valence-electron chi connectivity index (χ1n) is 6.30. The number of ether oxygens (including phenoxy) is 1. The Kier molecular flexibility index (Phi) is 7.15. The Hall–Kier alpha value is -1.15. The van der Waals surface area contributed by atoms with E-state index in [1.807, 2.05) is 20.8 Å². The van der Waals surface area contributed by atoms with Gasteiger partial charge in [0.05, 0.1) is 19.4 Å². The molecule has 0 spiro atoms. The molecule has 0 aromatic heterocycles. The van der Waals surface area contributed by atoms with Gasteiger partial charge in [0.1, 0.15) is 0 Å². The first-order valence-corrected chi connectivity index (χ1v) is 7.90. The maximum atomic E-state index is 11.9. The SMILES string of the molecule is COC(=O)CCCS(=O)(=O)N(C)CC(=O)NC(C)(C)C. The molecule has 20 heavy (non-hydrogen) atoms. The number of carbonyl (C=O) groups is 2. The quantitative estimate of drug-likeness (QED) is 0.674. The van der Waals surface area contributed by atoms with Gasteiger partial charge in [0.25, 0.3) is 0 Å². The van der Waals surface area contributed by atoms with Gasteiger partial charge in [-0.3, -0.25) is 9.59 Å². The Balaban J connectivity index is 4.34. The number of amides is 1. The standard InChI is InChI=1S/C12H24N2O5S/c1-12(2,3)13-10(15)9-14(4)20(17,18)8-6-7-11(16)19-5/h6-9H2,1-5H3,(H,13,15). The van der Waals surface area contributed by atoms with Gasteiger partial charge in [-0.05, 0) is 27.2 Å². The van der Waals surface area contributed by atoms with E-state index in [4.69, 9.17) is 0 Å². The van der Waals surface area contributed by atoms with Crippen molar-refractivity contribution in [3.05, 3.63) is 0 Å². The summed E-state index contributed by atoms with van der Waals surface area (Å²) in [6.07, 6.45) is 0.206. The maximum absolute atomic E-state index is 11.9. The summed E-state index contributed by atoms with van der Waals surface area (Å²) >= 11 is 0. The number of hydrogen-bond acceptors (Lipinski definition) is 5. The molecule has 0 aliphatic carbocycles. The monoisotopic (exact) mass is 308 g/mol. The Morgan fingerprint density at radius 1 is 1.25 bits per heavy atom. The Labute approximate surface area is 120 Å². The van der Waals surface area contributed by atoms with Crippen molar-refractivity contribution in [2.45, 2.75) is 39.2 Å². The molecule has 0 aliphatic rings. The number of nitrogens with one attached hydrogen (secondary N) is 1. The molecule has 0 unspecified atom stereocenters. The highest BCUT2D eigenvalue weighted by molar-refractivity contribution is 7.89. The zero-order valence-corrected chi connectivity index (χ0v) is 13.5. The van der Waals surface area contributed by atoms with Crippen molar-refractivity contribution in [2.24, 2.45) is 0 Å². The lowest BCUT2D eigenvalue weighted by molar-refractivity contribution is -0.140. The van der Waals surface area contributed by atoms with Crippen molar-refractivity contribution >= 4 is 21.9 Å². The van der Waals surface area contributed by atoms with Gasteiger partial charge >= 0.3 is 5.97 Å². The van der Waals surface area contributed by atoms with Gasteiger partial charge in [-0.15, -0.1) is 0 Å². The fourth-order valence-corrected chi connectivity index (χ4v) is 2.55. The molecule has 118 valence electrons. The van der Waals surface area contributed by atoms with Crippen LogP contribution in [-0.4, -0.2) is 56.6 Å². The lowest BCUT2D eigenvalue weighted by Crippen LogP contribution is -2.46. The summed E-state index contributed by atoms with van der Waals surface area (Å²) in [5.41, 5.74) is -0.410. The lowest BCUT2D eigenvalue weighted by atomic mass is 10.1. The third-order valence-electron chi connectivity index (χ3n) is 2.37. The number of methoxy groups -OCH3 is 1. The summed E-state index contributed by atoms with van der Waals surface area (Å²) in [7, 11) is -0.957. The Bertz CT molecular complexity index is 439. The number of likely N-dealkylation sites (N-methyl/N-ethyl adjacent to an activating group) is 1. The topological polar surface area (TPSA) is 92.8 Å². The molecule has 0 aliphatic heterocycles. The van der Waals surface area contributed by atoms with Crippen molar-refractivity contribution in [1.82, 2.24) is 9.62 Å². The first-order chi connectivity index (χ1) is 8.98. The molecule has 1 N–H and O–H groups in total. The number of sulfonamides is 1. The van der Waals surface area contributed by atoms with Crippen LogP contribution < -0.4 is 5.32 Å². The summed E-state index contributed by atoms with van der Waals surface area (Å²) in [6.45, 7) is 5.21. The second-order valence-electron chi connectivity index (χ2n) is 5.55. The predicted octanol–water partition coefficient (Wildman–Crippen LogP) is 0.116. The molecule has 8 heteroatoms. The van der Waals surface area contributed by atoms with Crippen LogP contribution in [0.4, 0.5) is 0 Å². The van der Waals surface area contributed by atoms with Crippen LogP contribution in [0.5, 0.6) is 0 Å². The van der Waals surface area contributed by atoms with E-state index in [9.17, 15) is 18.0 Å². The molecule has 0 aromatic carbocycles. The van der Waals surface area contributed by atoms with Gasteiger partial charge in [0.15, 0.2) is 0 Å². The van der Waals surface area contributed by atoms with E-state index in [-0.39, 0.29) is 31.0 Å². The van der Waals surface area contributed by atoms with Gasteiger partial charge in [0, 0.05) is 19.0 Å². The van der Waals surface area contributed by atoms with Crippen molar-refractivity contribution in [1.29, 1.82) is 0 Å². The second-order valence-corrected chi connectivity index (χ2v) is 7.75. The number of hydrogen-bond donors (Lipinski definition) is 1. The molecule has 0 heterocycles. The molecule has 0 aromatic rings. The van der Waals surface area contributed by atoms with Crippen LogP contribution in [0.25, 0.3) is 0 Å². The predicted molar refractivity (Wildman–Crippen MR) is 75.6 cm³/mol. The fourth-order valence-electron chi connectivity index (χ4n) is 1.42. The molecule has 0 saturated carbocycles. The average molecular weight is 308 g/mol. The van der Waals surface area contributed by atoms with Gasteiger partial charge in [-0.25, -0.2) is 8.42 Å². The second kappa shape index (κ2) is 7.58. The summed E-state index contributed by atoms with van der Waals surface area (Å²) in [6, 6.07) is 0. The van der Waals surface area contributed by atoms with E-state index in [0.29, 0.717) is 0 Å². The van der Waals surface area contributed by atoms with Crippen molar-refractivity contribution in [3.63, 3.8) is 0 Å². The highest BCUT2D eigenvalue weighted by atomic mass is 32.2. The zero-order valence-electron chi connectivity index (χ0n) is 12.7. The molecule has 0 fully saturated rings. The summed E-state index contributed by atoms with van der Waals surface area (Å²) in [5.74, 6) is -1.01. The number of carbonyl (C=O) groups excluding carboxylic acids is 2. The maximum Gasteiger partial charge on any atom is 0.305 e. The molecule has 0 bridgehead atoms. The normalized spacial score (nSPS) is 12.3. The van der Waals surface area contributed by atoms with Crippen LogP contribution in [0, 0.1) is 0 Å². The zero-order chi connectivity index (χ0) is 16.0. The van der Waals surface area contributed by atoms with Crippen LogP contribution in [-0.2, 0) is 24.3 Å². The van der Waals surface area contributed by atoms with Crippen LogP contribution >= 0.6 is 0 Å². The molecule has 0 radical (unpaired) electrons. The molecule has 0 saturated heterocycles. The third kappa shape index (κ3) is 8.11.